The first kappa shape index (κ1) is 19.4. The van der Waals surface area contributed by atoms with E-state index in [1.54, 1.807) is 6.07 Å². The standard InChI is InChI=1S/C23H29FN2O/c1-3-17(4-2)23(27)25-20-10-11-22(21(24)16-20)26-14-12-19(13-15-26)18-8-6-5-7-9-18/h5-11,16-17,19H,3-4,12-15H2,1-2H3,(H,25,27). The average Bonchev–Trinajstić information content (AvgIpc) is 2.70. The molecule has 3 nitrogen and oxygen atoms in total. The minimum Gasteiger partial charge on any atom is -0.369 e. The molecule has 1 N–H and O–H groups in total. The van der Waals surface area contributed by atoms with E-state index in [0.717, 1.165) is 38.8 Å². The summed E-state index contributed by atoms with van der Waals surface area (Å²) in [7, 11) is 0. The zero-order valence-electron chi connectivity index (χ0n) is 16.2. The molecule has 0 saturated carbocycles. The van der Waals surface area contributed by atoms with Gasteiger partial charge in [0, 0.05) is 24.7 Å². The molecule has 0 spiro atoms. The van der Waals surface area contributed by atoms with E-state index in [4.69, 9.17) is 0 Å². The van der Waals surface area contributed by atoms with Gasteiger partial charge in [-0.1, -0.05) is 44.2 Å². The van der Waals surface area contributed by atoms with Crippen molar-refractivity contribution in [2.75, 3.05) is 23.3 Å². The number of carbonyl (C=O) groups excluding carboxylic acids is 1. The van der Waals surface area contributed by atoms with Crippen molar-refractivity contribution in [2.24, 2.45) is 5.92 Å². The van der Waals surface area contributed by atoms with Gasteiger partial charge in [0.1, 0.15) is 5.82 Å². The second-order valence-electron chi connectivity index (χ2n) is 7.34. The third kappa shape index (κ3) is 4.68. The largest absolute Gasteiger partial charge is 0.369 e. The van der Waals surface area contributed by atoms with Crippen molar-refractivity contribution in [2.45, 2.75) is 45.4 Å². The number of halogens is 1. The normalized spacial score (nSPS) is 15.2. The van der Waals surface area contributed by atoms with Crippen LogP contribution in [-0.4, -0.2) is 19.0 Å². The van der Waals surface area contributed by atoms with Crippen molar-refractivity contribution in [3.8, 4) is 0 Å². The summed E-state index contributed by atoms with van der Waals surface area (Å²) in [5, 5.41) is 2.85. The Kier molecular flexibility index (Phi) is 6.49. The lowest BCUT2D eigenvalue weighted by atomic mass is 9.89. The van der Waals surface area contributed by atoms with E-state index in [1.165, 1.54) is 11.6 Å². The first-order valence-corrected chi connectivity index (χ1v) is 10.0. The van der Waals surface area contributed by atoms with E-state index in [9.17, 15) is 9.18 Å². The first-order chi connectivity index (χ1) is 13.1. The lowest BCUT2D eigenvalue weighted by Gasteiger charge is -2.34. The van der Waals surface area contributed by atoms with Crippen LogP contribution in [0.1, 0.15) is 51.0 Å². The Hall–Kier alpha value is -2.36. The number of nitrogens with one attached hydrogen (secondary N) is 1. The Morgan fingerprint density at radius 2 is 1.78 bits per heavy atom. The van der Waals surface area contributed by atoms with Crippen molar-refractivity contribution in [3.63, 3.8) is 0 Å². The zero-order valence-corrected chi connectivity index (χ0v) is 16.2. The molecule has 1 aliphatic heterocycles. The zero-order chi connectivity index (χ0) is 19.2. The SMILES string of the molecule is CCC(CC)C(=O)Nc1ccc(N2CCC(c3ccccc3)CC2)c(F)c1. The van der Waals surface area contributed by atoms with Crippen molar-refractivity contribution in [3.05, 3.63) is 59.9 Å². The van der Waals surface area contributed by atoms with Gasteiger partial charge in [-0.15, -0.1) is 0 Å². The molecule has 1 aliphatic rings. The highest BCUT2D eigenvalue weighted by molar-refractivity contribution is 5.92. The van der Waals surface area contributed by atoms with Crippen LogP contribution in [0.25, 0.3) is 0 Å². The quantitative estimate of drug-likeness (QED) is 0.721. The van der Waals surface area contributed by atoms with Gasteiger partial charge >= 0.3 is 0 Å². The summed E-state index contributed by atoms with van der Waals surface area (Å²) in [5.74, 6) is 0.222. The maximum atomic E-state index is 14.7. The predicted octanol–water partition coefficient (Wildman–Crippen LogP) is 5.58. The maximum absolute atomic E-state index is 14.7. The van der Waals surface area contributed by atoms with Crippen LogP contribution in [0.2, 0.25) is 0 Å². The van der Waals surface area contributed by atoms with Gasteiger partial charge in [0.15, 0.2) is 0 Å². The molecule has 0 aromatic heterocycles. The summed E-state index contributed by atoms with van der Waals surface area (Å²) >= 11 is 0. The third-order valence-corrected chi connectivity index (χ3v) is 5.68. The smallest absolute Gasteiger partial charge is 0.227 e. The summed E-state index contributed by atoms with van der Waals surface area (Å²) < 4.78 is 14.7. The lowest BCUT2D eigenvalue weighted by molar-refractivity contribution is -0.120. The maximum Gasteiger partial charge on any atom is 0.227 e. The number of hydrogen-bond acceptors (Lipinski definition) is 2. The lowest BCUT2D eigenvalue weighted by Crippen LogP contribution is -2.33. The predicted molar refractivity (Wildman–Crippen MR) is 110 cm³/mol. The monoisotopic (exact) mass is 368 g/mol. The van der Waals surface area contributed by atoms with Crippen LogP contribution >= 0.6 is 0 Å². The number of carbonyl (C=O) groups is 1. The van der Waals surface area contributed by atoms with Crippen LogP contribution in [0.4, 0.5) is 15.8 Å². The Morgan fingerprint density at radius 1 is 1.11 bits per heavy atom. The van der Waals surface area contributed by atoms with Crippen molar-refractivity contribution < 1.29 is 9.18 Å². The summed E-state index contributed by atoms with van der Waals surface area (Å²) in [5.41, 5.74) is 2.53. The molecule has 0 atom stereocenters. The molecule has 1 heterocycles. The number of anilines is 2. The number of amides is 1. The van der Waals surface area contributed by atoms with Crippen LogP contribution in [0, 0.1) is 11.7 Å². The molecular formula is C23H29FN2O. The van der Waals surface area contributed by atoms with Gasteiger partial charge in [-0.2, -0.15) is 0 Å². The van der Waals surface area contributed by atoms with Crippen molar-refractivity contribution in [1.82, 2.24) is 0 Å². The van der Waals surface area contributed by atoms with Crippen LogP contribution < -0.4 is 10.2 Å². The highest BCUT2D eigenvalue weighted by atomic mass is 19.1. The Labute approximate surface area is 161 Å². The van der Waals surface area contributed by atoms with Crippen LogP contribution in [0.5, 0.6) is 0 Å². The fraction of sp³-hybridized carbons (Fsp3) is 0.435. The van der Waals surface area contributed by atoms with E-state index in [2.05, 4.69) is 34.5 Å². The first-order valence-electron chi connectivity index (χ1n) is 10.0. The molecule has 27 heavy (non-hydrogen) atoms. The van der Waals surface area contributed by atoms with Gasteiger partial charge < -0.3 is 10.2 Å². The third-order valence-electron chi connectivity index (χ3n) is 5.68. The van der Waals surface area contributed by atoms with Gasteiger partial charge in [-0.05, 0) is 55.4 Å². The van der Waals surface area contributed by atoms with Gasteiger partial charge in [0.05, 0.1) is 5.69 Å². The topological polar surface area (TPSA) is 32.3 Å². The Morgan fingerprint density at radius 3 is 2.37 bits per heavy atom. The summed E-state index contributed by atoms with van der Waals surface area (Å²) in [6, 6.07) is 15.6. The highest BCUT2D eigenvalue weighted by Gasteiger charge is 2.23. The van der Waals surface area contributed by atoms with Crippen molar-refractivity contribution >= 4 is 17.3 Å². The average molecular weight is 368 g/mol. The minimum atomic E-state index is -0.268. The van der Waals surface area contributed by atoms with Gasteiger partial charge in [-0.3, -0.25) is 4.79 Å². The van der Waals surface area contributed by atoms with Crippen LogP contribution in [-0.2, 0) is 4.79 Å². The van der Waals surface area contributed by atoms with Crippen molar-refractivity contribution in [1.29, 1.82) is 0 Å². The molecule has 2 aromatic carbocycles. The van der Waals surface area contributed by atoms with E-state index >= 15 is 0 Å². The second-order valence-corrected chi connectivity index (χ2v) is 7.34. The van der Waals surface area contributed by atoms with Gasteiger partial charge in [0.25, 0.3) is 0 Å². The molecule has 2 aromatic rings. The Balaban J connectivity index is 1.62. The summed E-state index contributed by atoms with van der Waals surface area (Å²) in [6.07, 6.45) is 3.63. The molecule has 0 unspecified atom stereocenters. The molecular weight excluding hydrogens is 339 g/mol. The molecule has 3 rings (SSSR count). The summed E-state index contributed by atoms with van der Waals surface area (Å²) in [4.78, 5) is 14.3. The van der Waals surface area contributed by atoms with Crippen LogP contribution in [0.3, 0.4) is 0 Å². The molecule has 144 valence electrons. The number of rotatable bonds is 6. The van der Waals surface area contributed by atoms with Gasteiger partial charge in [-0.25, -0.2) is 4.39 Å². The van der Waals surface area contributed by atoms with Gasteiger partial charge in [0.2, 0.25) is 5.91 Å². The molecule has 1 fully saturated rings. The molecule has 4 heteroatoms. The van der Waals surface area contributed by atoms with E-state index in [1.807, 2.05) is 26.0 Å². The number of benzene rings is 2. The second kappa shape index (κ2) is 9.03. The molecule has 1 saturated heterocycles. The van der Waals surface area contributed by atoms with Crippen LogP contribution in [0.15, 0.2) is 48.5 Å². The molecule has 0 aliphatic carbocycles. The Bertz CT molecular complexity index is 750. The minimum absolute atomic E-state index is 0.0234. The number of nitrogens with zero attached hydrogens (tertiary/aromatic N) is 1. The van der Waals surface area contributed by atoms with E-state index in [0.29, 0.717) is 17.3 Å². The summed E-state index contributed by atoms with van der Waals surface area (Å²) in [6.45, 7) is 5.68. The van der Waals surface area contributed by atoms with E-state index < -0.39 is 0 Å². The number of piperidine rings is 1. The highest BCUT2D eigenvalue weighted by Crippen LogP contribution is 2.32. The van der Waals surface area contributed by atoms with E-state index in [-0.39, 0.29) is 17.6 Å². The molecule has 0 bridgehead atoms. The fourth-order valence-electron chi connectivity index (χ4n) is 3.92. The molecule has 0 radical (unpaired) electrons. The fourth-order valence-corrected chi connectivity index (χ4v) is 3.92. The molecule has 1 amide bonds. The number of hydrogen-bond donors (Lipinski definition) is 1.